The van der Waals surface area contributed by atoms with Gasteiger partial charge in [0.25, 0.3) is 0 Å². The molecule has 0 N–H and O–H groups in total. The second-order valence-electron chi connectivity index (χ2n) is 4.52. The summed E-state index contributed by atoms with van der Waals surface area (Å²) in [7, 11) is 0. The summed E-state index contributed by atoms with van der Waals surface area (Å²) in [5.41, 5.74) is 1.38. The number of esters is 1. The smallest absolute Gasteiger partial charge is 0.309 e. The molecule has 1 atom stereocenters. The highest BCUT2D eigenvalue weighted by Crippen LogP contribution is 2.27. The molecule has 4 heteroatoms. The van der Waals surface area contributed by atoms with Crippen molar-refractivity contribution in [2.75, 3.05) is 32.9 Å². The summed E-state index contributed by atoms with van der Waals surface area (Å²) in [5.74, 6) is 0.0320. The van der Waals surface area contributed by atoms with E-state index in [1.54, 1.807) is 0 Å². The third-order valence-electron chi connectivity index (χ3n) is 3.42. The van der Waals surface area contributed by atoms with E-state index in [9.17, 15) is 4.79 Å². The number of carbonyl (C=O) groups is 1. The first kappa shape index (κ1) is 12.4. The van der Waals surface area contributed by atoms with E-state index in [2.05, 4.69) is 11.0 Å². The lowest BCUT2D eigenvalue weighted by molar-refractivity contribution is -0.148. The molecule has 1 aliphatic carbocycles. The van der Waals surface area contributed by atoms with E-state index >= 15 is 0 Å². The molecule has 2 aliphatic rings. The van der Waals surface area contributed by atoms with Crippen LogP contribution in [0.15, 0.2) is 11.8 Å². The van der Waals surface area contributed by atoms with Crippen LogP contribution in [-0.4, -0.2) is 43.8 Å². The van der Waals surface area contributed by atoms with Crippen molar-refractivity contribution in [3.05, 3.63) is 11.8 Å². The minimum absolute atomic E-state index is 0.0372. The Balaban J connectivity index is 1.85. The van der Waals surface area contributed by atoms with Gasteiger partial charge in [-0.05, 0) is 26.2 Å². The lowest BCUT2D eigenvalue weighted by atomic mass is 9.92. The first-order chi connectivity index (χ1) is 8.31. The van der Waals surface area contributed by atoms with Gasteiger partial charge in [-0.3, -0.25) is 4.79 Å². The van der Waals surface area contributed by atoms with Gasteiger partial charge in [-0.2, -0.15) is 0 Å². The van der Waals surface area contributed by atoms with Gasteiger partial charge in [0.05, 0.1) is 25.7 Å². The van der Waals surface area contributed by atoms with Crippen LogP contribution in [0.5, 0.6) is 0 Å². The highest BCUT2D eigenvalue weighted by molar-refractivity contribution is 5.72. The van der Waals surface area contributed by atoms with Crippen molar-refractivity contribution in [3.8, 4) is 0 Å². The number of ether oxygens (including phenoxy) is 2. The predicted molar refractivity (Wildman–Crippen MR) is 64.4 cm³/mol. The Bertz CT molecular complexity index is 295. The van der Waals surface area contributed by atoms with Gasteiger partial charge in [-0.1, -0.05) is 6.08 Å². The van der Waals surface area contributed by atoms with E-state index in [1.165, 1.54) is 5.70 Å². The lowest BCUT2D eigenvalue weighted by Crippen LogP contribution is -2.36. The monoisotopic (exact) mass is 239 g/mol. The zero-order chi connectivity index (χ0) is 12.1. The molecule has 96 valence electrons. The molecule has 1 saturated heterocycles. The van der Waals surface area contributed by atoms with Gasteiger partial charge in [0, 0.05) is 18.8 Å². The topological polar surface area (TPSA) is 38.8 Å². The summed E-state index contributed by atoms with van der Waals surface area (Å²) in [6.07, 6.45) is 4.94. The maximum atomic E-state index is 11.6. The molecule has 0 spiro atoms. The van der Waals surface area contributed by atoms with Crippen LogP contribution in [0.1, 0.15) is 26.2 Å². The molecular formula is C13H21NO3. The summed E-state index contributed by atoms with van der Waals surface area (Å²) < 4.78 is 10.4. The van der Waals surface area contributed by atoms with Gasteiger partial charge in [0.2, 0.25) is 0 Å². The first-order valence-electron chi connectivity index (χ1n) is 6.49. The van der Waals surface area contributed by atoms with Gasteiger partial charge >= 0.3 is 5.97 Å². The van der Waals surface area contributed by atoms with Crippen LogP contribution in [0.2, 0.25) is 0 Å². The van der Waals surface area contributed by atoms with Crippen molar-refractivity contribution in [1.29, 1.82) is 0 Å². The van der Waals surface area contributed by atoms with E-state index < -0.39 is 0 Å². The molecule has 4 nitrogen and oxygen atoms in total. The van der Waals surface area contributed by atoms with Gasteiger partial charge < -0.3 is 14.4 Å². The average Bonchev–Trinajstić information content (AvgIpc) is 2.40. The van der Waals surface area contributed by atoms with E-state index in [4.69, 9.17) is 9.47 Å². The third kappa shape index (κ3) is 3.22. The summed E-state index contributed by atoms with van der Waals surface area (Å²) in [6.45, 7) is 5.94. The molecule has 1 fully saturated rings. The fraction of sp³-hybridized carbons (Fsp3) is 0.769. The van der Waals surface area contributed by atoms with Gasteiger partial charge in [0.1, 0.15) is 0 Å². The van der Waals surface area contributed by atoms with Gasteiger partial charge in [0.15, 0.2) is 0 Å². The standard InChI is InChI=1S/C13H21NO3/c1-2-17-13(15)11-3-5-12(6-4-11)14-7-9-16-10-8-14/h5,11H,2-4,6-10H2,1H3. The lowest BCUT2D eigenvalue weighted by Gasteiger charge is -2.33. The Labute approximate surface area is 103 Å². The molecule has 0 aromatic carbocycles. The predicted octanol–water partition coefficient (Wildman–Crippen LogP) is 1.57. The minimum Gasteiger partial charge on any atom is -0.466 e. The summed E-state index contributed by atoms with van der Waals surface area (Å²) >= 11 is 0. The Morgan fingerprint density at radius 2 is 2.29 bits per heavy atom. The van der Waals surface area contributed by atoms with E-state index in [0.717, 1.165) is 45.6 Å². The van der Waals surface area contributed by atoms with Gasteiger partial charge in [-0.25, -0.2) is 0 Å². The quantitative estimate of drug-likeness (QED) is 0.701. The first-order valence-corrected chi connectivity index (χ1v) is 6.49. The second kappa shape index (κ2) is 6.05. The van der Waals surface area contributed by atoms with Crippen LogP contribution in [0.4, 0.5) is 0 Å². The fourth-order valence-electron chi connectivity index (χ4n) is 2.43. The van der Waals surface area contributed by atoms with Crippen molar-refractivity contribution < 1.29 is 14.3 Å². The number of nitrogens with zero attached hydrogens (tertiary/aromatic N) is 1. The molecule has 1 aliphatic heterocycles. The highest BCUT2D eigenvalue weighted by Gasteiger charge is 2.25. The third-order valence-corrected chi connectivity index (χ3v) is 3.42. The van der Waals surface area contributed by atoms with Crippen LogP contribution in [0.3, 0.4) is 0 Å². The fourth-order valence-corrected chi connectivity index (χ4v) is 2.43. The number of allylic oxidation sites excluding steroid dienone is 2. The van der Waals surface area contributed by atoms with Crippen molar-refractivity contribution >= 4 is 5.97 Å². The molecule has 17 heavy (non-hydrogen) atoms. The molecule has 0 radical (unpaired) electrons. The van der Waals surface area contributed by atoms with Gasteiger partial charge in [-0.15, -0.1) is 0 Å². The zero-order valence-corrected chi connectivity index (χ0v) is 10.5. The highest BCUT2D eigenvalue weighted by atomic mass is 16.5. The zero-order valence-electron chi connectivity index (χ0n) is 10.5. The van der Waals surface area contributed by atoms with Crippen molar-refractivity contribution in [3.63, 3.8) is 0 Å². The molecule has 0 aromatic heterocycles. The number of hydrogen-bond acceptors (Lipinski definition) is 4. The SMILES string of the molecule is CCOC(=O)C1CC=C(N2CCOCC2)CC1. The Morgan fingerprint density at radius 3 is 2.88 bits per heavy atom. The molecule has 0 saturated carbocycles. The summed E-state index contributed by atoms with van der Waals surface area (Å²) in [5, 5.41) is 0. The Kier molecular flexibility index (Phi) is 4.42. The molecule has 1 unspecified atom stereocenters. The van der Waals surface area contributed by atoms with Crippen LogP contribution in [-0.2, 0) is 14.3 Å². The van der Waals surface area contributed by atoms with Crippen molar-refractivity contribution in [2.45, 2.75) is 26.2 Å². The van der Waals surface area contributed by atoms with Crippen molar-refractivity contribution in [2.24, 2.45) is 5.92 Å². The average molecular weight is 239 g/mol. The minimum atomic E-state index is -0.0372. The molecule has 1 heterocycles. The van der Waals surface area contributed by atoms with E-state index in [-0.39, 0.29) is 11.9 Å². The maximum absolute atomic E-state index is 11.6. The van der Waals surface area contributed by atoms with Crippen LogP contribution >= 0.6 is 0 Å². The molecule has 0 aromatic rings. The Morgan fingerprint density at radius 1 is 1.53 bits per heavy atom. The van der Waals surface area contributed by atoms with Crippen LogP contribution in [0, 0.1) is 5.92 Å². The largest absolute Gasteiger partial charge is 0.466 e. The second-order valence-corrected chi connectivity index (χ2v) is 4.52. The molecular weight excluding hydrogens is 218 g/mol. The molecule has 2 rings (SSSR count). The maximum Gasteiger partial charge on any atom is 0.309 e. The number of hydrogen-bond donors (Lipinski definition) is 0. The van der Waals surface area contributed by atoms with E-state index in [0.29, 0.717) is 6.61 Å². The van der Waals surface area contributed by atoms with Crippen LogP contribution in [0.25, 0.3) is 0 Å². The number of carbonyl (C=O) groups excluding carboxylic acids is 1. The summed E-state index contributed by atoms with van der Waals surface area (Å²) in [6, 6.07) is 0. The normalized spacial score (nSPS) is 25.4. The van der Waals surface area contributed by atoms with Crippen LogP contribution < -0.4 is 0 Å². The Hall–Kier alpha value is -1.03. The number of rotatable bonds is 3. The van der Waals surface area contributed by atoms with E-state index in [1.807, 2.05) is 6.92 Å². The van der Waals surface area contributed by atoms with Crippen molar-refractivity contribution in [1.82, 2.24) is 4.90 Å². The molecule has 0 bridgehead atoms. The molecule has 0 amide bonds. The summed E-state index contributed by atoms with van der Waals surface area (Å²) in [4.78, 5) is 14.0. The number of morpholine rings is 1.